The lowest BCUT2D eigenvalue weighted by molar-refractivity contribution is -0.0588. The zero-order valence-electron chi connectivity index (χ0n) is 13.2. The highest BCUT2D eigenvalue weighted by molar-refractivity contribution is 5.32. The van der Waals surface area contributed by atoms with Crippen LogP contribution in [-0.4, -0.2) is 43.3 Å². The Kier molecular flexibility index (Phi) is 5.00. The molecule has 1 aromatic rings. The molecule has 1 unspecified atom stereocenters. The number of likely N-dealkylation sites (N-methyl/N-ethyl adjacent to an activating group) is 1. The van der Waals surface area contributed by atoms with Crippen LogP contribution in [0, 0.1) is 11.3 Å². The first-order valence-corrected chi connectivity index (χ1v) is 7.59. The topological polar surface area (TPSA) is 48.3 Å². The number of hydrogen-bond donors (Lipinski definition) is 1. The van der Waals surface area contributed by atoms with Gasteiger partial charge in [-0.1, -0.05) is 37.3 Å². The second-order valence-corrected chi connectivity index (χ2v) is 6.20. The fraction of sp³-hybridized carbons (Fsp3) is 0.588. The molecule has 0 aliphatic carbocycles. The van der Waals surface area contributed by atoms with Crippen LogP contribution in [-0.2, 0) is 10.3 Å². The van der Waals surface area contributed by atoms with E-state index in [0.29, 0.717) is 13.2 Å². The summed E-state index contributed by atoms with van der Waals surface area (Å²) in [6.45, 7) is 10.1. The normalized spacial score (nSPS) is 21.4. The van der Waals surface area contributed by atoms with Gasteiger partial charge in [-0.2, -0.15) is 5.26 Å². The van der Waals surface area contributed by atoms with E-state index >= 15 is 0 Å². The minimum Gasteiger partial charge on any atom is -0.378 e. The maximum Gasteiger partial charge on any atom is 0.145 e. The molecule has 4 nitrogen and oxygen atoms in total. The fourth-order valence-electron chi connectivity index (χ4n) is 2.88. The Hall–Kier alpha value is -1.41. The summed E-state index contributed by atoms with van der Waals surface area (Å²) < 4.78 is 5.58. The summed E-state index contributed by atoms with van der Waals surface area (Å²) in [6.07, 6.45) is 0. The number of ether oxygens (including phenoxy) is 1. The largest absolute Gasteiger partial charge is 0.378 e. The monoisotopic (exact) mass is 287 g/mol. The Labute approximate surface area is 127 Å². The van der Waals surface area contributed by atoms with Gasteiger partial charge >= 0.3 is 0 Å². The number of nitriles is 1. The van der Waals surface area contributed by atoms with Crippen LogP contribution in [0.5, 0.6) is 0 Å². The van der Waals surface area contributed by atoms with E-state index in [0.717, 1.165) is 25.3 Å². The molecule has 1 saturated heterocycles. The maximum atomic E-state index is 9.89. The van der Waals surface area contributed by atoms with Gasteiger partial charge in [0.05, 0.1) is 19.3 Å². The number of hydrogen-bond acceptors (Lipinski definition) is 4. The molecular weight excluding hydrogens is 262 g/mol. The van der Waals surface area contributed by atoms with Crippen LogP contribution < -0.4 is 5.32 Å². The lowest BCUT2D eigenvalue weighted by atomic mass is 9.88. The van der Waals surface area contributed by atoms with E-state index in [1.807, 2.05) is 37.3 Å². The summed E-state index contributed by atoms with van der Waals surface area (Å²) in [5.41, 5.74) is 0.298. The molecule has 1 fully saturated rings. The molecule has 1 atom stereocenters. The predicted octanol–water partition coefficient (Wildman–Crippen LogP) is 2.13. The summed E-state index contributed by atoms with van der Waals surface area (Å²) in [5, 5.41) is 13.3. The van der Waals surface area contributed by atoms with Crippen LogP contribution in [0.4, 0.5) is 0 Å². The van der Waals surface area contributed by atoms with E-state index in [-0.39, 0.29) is 5.54 Å². The van der Waals surface area contributed by atoms with Gasteiger partial charge in [0.25, 0.3) is 0 Å². The molecule has 0 radical (unpaired) electrons. The van der Waals surface area contributed by atoms with Crippen LogP contribution in [0.15, 0.2) is 30.3 Å². The number of benzene rings is 1. The lowest BCUT2D eigenvalue weighted by Crippen LogP contribution is -2.60. The molecule has 1 heterocycles. The van der Waals surface area contributed by atoms with Crippen molar-refractivity contribution in [1.82, 2.24) is 10.2 Å². The van der Waals surface area contributed by atoms with Gasteiger partial charge in [0.2, 0.25) is 0 Å². The SMILES string of the molecule is CCNC(C#N)(CN1CCOCC1(C)C)c1ccccc1. The van der Waals surface area contributed by atoms with Gasteiger partial charge < -0.3 is 4.74 Å². The van der Waals surface area contributed by atoms with Gasteiger partial charge in [-0.3, -0.25) is 10.2 Å². The minimum absolute atomic E-state index is 0.0510. The molecule has 21 heavy (non-hydrogen) atoms. The number of nitrogens with zero attached hydrogens (tertiary/aromatic N) is 2. The first-order chi connectivity index (χ1) is 10.0. The van der Waals surface area contributed by atoms with Crippen molar-refractivity contribution in [3.05, 3.63) is 35.9 Å². The summed E-state index contributed by atoms with van der Waals surface area (Å²) >= 11 is 0. The quantitative estimate of drug-likeness (QED) is 0.901. The molecule has 1 aliphatic heterocycles. The average molecular weight is 287 g/mol. The Morgan fingerprint density at radius 2 is 2.10 bits per heavy atom. The van der Waals surface area contributed by atoms with E-state index in [4.69, 9.17) is 4.74 Å². The minimum atomic E-state index is -0.676. The summed E-state index contributed by atoms with van der Waals surface area (Å²) in [7, 11) is 0. The molecule has 1 N–H and O–H groups in total. The second kappa shape index (κ2) is 6.57. The fourth-order valence-corrected chi connectivity index (χ4v) is 2.88. The standard InChI is InChI=1S/C17H25N3O/c1-4-19-17(12-18,15-8-6-5-7-9-15)13-20-10-11-21-14-16(20,2)3/h5-9,19H,4,10-11,13-14H2,1-3H3. The first-order valence-electron chi connectivity index (χ1n) is 7.59. The van der Waals surface area contributed by atoms with E-state index in [2.05, 4.69) is 30.1 Å². The molecule has 2 rings (SSSR count). The van der Waals surface area contributed by atoms with Crippen molar-refractivity contribution in [2.24, 2.45) is 0 Å². The molecule has 0 bridgehead atoms. The van der Waals surface area contributed by atoms with Crippen LogP contribution in [0.3, 0.4) is 0 Å². The molecule has 114 valence electrons. The first kappa shape index (κ1) is 16.0. The van der Waals surface area contributed by atoms with Crippen LogP contribution >= 0.6 is 0 Å². The highest BCUT2D eigenvalue weighted by atomic mass is 16.5. The van der Waals surface area contributed by atoms with Gasteiger partial charge in [0.1, 0.15) is 5.54 Å². The zero-order valence-corrected chi connectivity index (χ0v) is 13.2. The molecule has 0 saturated carbocycles. The van der Waals surface area contributed by atoms with Gasteiger partial charge in [0.15, 0.2) is 0 Å². The van der Waals surface area contributed by atoms with Gasteiger partial charge in [0, 0.05) is 18.6 Å². The third kappa shape index (κ3) is 3.44. The highest BCUT2D eigenvalue weighted by Gasteiger charge is 2.39. The average Bonchev–Trinajstić information content (AvgIpc) is 2.49. The van der Waals surface area contributed by atoms with Crippen LogP contribution in [0.25, 0.3) is 0 Å². The molecular formula is C17H25N3O. The Morgan fingerprint density at radius 1 is 1.38 bits per heavy atom. The van der Waals surface area contributed by atoms with E-state index in [1.165, 1.54) is 0 Å². The van der Waals surface area contributed by atoms with E-state index in [1.54, 1.807) is 0 Å². The van der Waals surface area contributed by atoms with Crippen molar-refractivity contribution in [2.45, 2.75) is 31.8 Å². The second-order valence-electron chi connectivity index (χ2n) is 6.20. The predicted molar refractivity (Wildman–Crippen MR) is 83.9 cm³/mol. The van der Waals surface area contributed by atoms with Gasteiger partial charge in [-0.05, 0) is 26.0 Å². The van der Waals surface area contributed by atoms with Crippen molar-refractivity contribution in [3.8, 4) is 6.07 Å². The third-order valence-corrected chi connectivity index (χ3v) is 4.18. The summed E-state index contributed by atoms with van der Waals surface area (Å²) in [5.74, 6) is 0. The van der Waals surface area contributed by atoms with Crippen molar-refractivity contribution in [2.75, 3.05) is 32.8 Å². The number of nitrogens with one attached hydrogen (secondary N) is 1. The van der Waals surface area contributed by atoms with Crippen molar-refractivity contribution < 1.29 is 4.74 Å². The Balaban J connectivity index is 2.31. The van der Waals surface area contributed by atoms with Gasteiger partial charge in [-0.15, -0.1) is 0 Å². The molecule has 0 spiro atoms. The molecule has 0 amide bonds. The molecule has 0 aromatic heterocycles. The summed E-state index contributed by atoms with van der Waals surface area (Å²) in [6, 6.07) is 12.5. The lowest BCUT2D eigenvalue weighted by Gasteiger charge is -2.45. The summed E-state index contributed by atoms with van der Waals surface area (Å²) in [4.78, 5) is 2.36. The van der Waals surface area contributed by atoms with E-state index < -0.39 is 5.54 Å². The third-order valence-electron chi connectivity index (χ3n) is 4.18. The zero-order chi connectivity index (χ0) is 15.3. The van der Waals surface area contributed by atoms with E-state index in [9.17, 15) is 5.26 Å². The molecule has 4 heteroatoms. The maximum absolute atomic E-state index is 9.89. The highest BCUT2D eigenvalue weighted by Crippen LogP contribution is 2.27. The Morgan fingerprint density at radius 3 is 2.67 bits per heavy atom. The van der Waals surface area contributed by atoms with Crippen LogP contribution in [0.1, 0.15) is 26.3 Å². The molecule has 1 aliphatic rings. The van der Waals surface area contributed by atoms with Crippen molar-refractivity contribution >= 4 is 0 Å². The number of rotatable bonds is 5. The number of morpholine rings is 1. The van der Waals surface area contributed by atoms with Gasteiger partial charge in [-0.25, -0.2) is 0 Å². The molecule has 1 aromatic carbocycles. The van der Waals surface area contributed by atoms with Crippen molar-refractivity contribution in [3.63, 3.8) is 0 Å². The Bertz CT molecular complexity index is 495. The van der Waals surface area contributed by atoms with Crippen LogP contribution in [0.2, 0.25) is 0 Å². The smallest absolute Gasteiger partial charge is 0.145 e. The van der Waals surface area contributed by atoms with Crippen molar-refractivity contribution in [1.29, 1.82) is 5.26 Å².